The molecule has 1 aromatic heterocycles. The van der Waals surface area contributed by atoms with Gasteiger partial charge in [0.15, 0.2) is 0 Å². The Balaban J connectivity index is 2.51. The molecule has 0 saturated heterocycles. The van der Waals surface area contributed by atoms with Gasteiger partial charge in [-0.1, -0.05) is 30.3 Å². The Labute approximate surface area is 76.4 Å². The Morgan fingerprint density at radius 3 is 2.92 bits per heavy atom. The molecule has 2 rings (SSSR count). The first-order valence-corrected chi connectivity index (χ1v) is 4.20. The largest absolute Gasteiger partial charge is 0.333 e. The Bertz CT molecular complexity index is 382. The number of aryl methyl sites for hydroxylation is 1. The zero-order valence-electron chi connectivity index (χ0n) is 7.32. The monoisotopic (exact) mass is 173 g/mol. The molecular formula is C10H9N2O. The van der Waals surface area contributed by atoms with E-state index in [1.54, 1.807) is 0 Å². The average molecular weight is 173 g/mol. The van der Waals surface area contributed by atoms with E-state index in [-0.39, 0.29) is 0 Å². The molecule has 0 amide bonds. The molecule has 0 fully saturated rings. The molecule has 0 atom stereocenters. The van der Waals surface area contributed by atoms with E-state index in [1.807, 2.05) is 18.2 Å². The third kappa shape index (κ3) is 1.45. The van der Waals surface area contributed by atoms with Gasteiger partial charge >= 0.3 is 0 Å². The van der Waals surface area contributed by atoms with Crippen LogP contribution in [0.25, 0.3) is 11.5 Å². The van der Waals surface area contributed by atoms with Crippen molar-refractivity contribution in [1.82, 2.24) is 10.1 Å². The summed E-state index contributed by atoms with van der Waals surface area (Å²) in [6, 6.07) is 7.99. The van der Waals surface area contributed by atoms with Gasteiger partial charge in [0.25, 0.3) is 5.89 Å². The second kappa shape index (κ2) is 3.39. The van der Waals surface area contributed by atoms with Crippen molar-refractivity contribution < 1.29 is 4.52 Å². The molecule has 3 nitrogen and oxygen atoms in total. The van der Waals surface area contributed by atoms with E-state index in [1.165, 1.54) is 5.56 Å². The minimum absolute atomic E-state index is 0.539. The molecule has 0 aliphatic rings. The molecule has 0 saturated carbocycles. The highest BCUT2D eigenvalue weighted by Gasteiger charge is 2.07. The van der Waals surface area contributed by atoms with Crippen molar-refractivity contribution >= 4 is 0 Å². The van der Waals surface area contributed by atoms with Crippen LogP contribution in [0.1, 0.15) is 12.5 Å². The maximum absolute atomic E-state index is 4.95. The molecule has 13 heavy (non-hydrogen) atoms. The second-order valence-corrected chi connectivity index (χ2v) is 2.71. The number of hydrogen-bond donors (Lipinski definition) is 0. The topological polar surface area (TPSA) is 38.9 Å². The van der Waals surface area contributed by atoms with Crippen LogP contribution in [0.15, 0.2) is 28.8 Å². The van der Waals surface area contributed by atoms with Crippen molar-refractivity contribution in [3.05, 3.63) is 36.2 Å². The van der Waals surface area contributed by atoms with Crippen LogP contribution in [0.2, 0.25) is 0 Å². The normalized spacial score (nSPS) is 10.2. The van der Waals surface area contributed by atoms with Crippen molar-refractivity contribution in [3.63, 3.8) is 0 Å². The van der Waals surface area contributed by atoms with Gasteiger partial charge in [0.05, 0.1) is 0 Å². The first kappa shape index (κ1) is 7.98. The van der Waals surface area contributed by atoms with Gasteiger partial charge < -0.3 is 4.52 Å². The molecule has 1 heterocycles. The van der Waals surface area contributed by atoms with Crippen LogP contribution >= 0.6 is 0 Å². The summed E-state index contributed by atoms with van der Waals surface area (Å²) in [5, 5.41) is 3.46. The van der Waals surface area contributed by atoms with Gasteiger partial charge in [-0.3, -0.25) is 0 Å². The maximum atomic E-state index is 4.95. The van der Waals surface area contributed by atoms with E-state index in [4.69, 9.17) is 4.52 Å². The van der Waals surface area contributed by atoms with Crippen molar-refractivity contribution in [2.75, 3.05) is 0 Å². The van der Waals surface area contributed by atoms with Gasteiger partial charge in [-0.15, -0.1) is 0 Å². The summed E-state index contributed by atoms with van der Waals surface area (Å²) in [5.41, 5.74) is 2.21. The lowest BCUT2D eigenvalue weighted by Gasteiger charge is -2.01. The molecule has 0 bridgehead atoms. The molecule has 3 heteroatoms. The fourth-order valence-electron chi connectivity index (χ4n) is 1.30. The van der Waals surface area contributed by atoms with E-state index in [0.29, 0.717) is 5.89 Å². The van der Waals surface area contributed by atoms with Crippen LogP contribution in [0.3, 0.4) is 0 Å². The maximum Gasteiger partial charge on any atom is 0.258 e. The van der Waals surface area contributed by atoms with Gasteiger partial charge in [0, 0.05) is 5.56 Å². The first-order valence-electron chi connectivity index (χ1n) is 4.20. The van der Waals surface area contributed by atoms with Crippen molar-refractivity contribution in [3.8, 4) is 11.5 Å². The zero-order chi connectivity index (χ0) is 9.10. The highest BCUT2D eigenvalue weighted by atomic mass is 16.5. The summed E-state index contributed by atoms with van der Waals surface area (Å²) < 4.78 is 4.95. The highest BCUT2D eigenvalue weighted by Crippen LogP contribution is 2.20. The number of nitrogens with zero attached hydrogens (tertiary/aromatic N) is 2. The Hall–Kier alpha value is -1.64. The van der Waals surface area contributed by atoms with Crippen LogP contribution in [-0.2, 0) is 6.42 Å². The number of hydrogen-bond acceptors (Lipinski definition) is 3. The van der Waals surface area contributed by atoms with Crippen molar-refractivity contribution in [2.24, 2.45) is 0 Å². The summed E-state index contributed by atoms with van der Waals surface area (Å²) in [6.45, 7) is 2.10. The zero-order valence-corrected chi connectivity index (χ0v) is 7.32. The molecule has 2 aromatic rings. The highest BCUT2D eigenvalue weighted by molar-refractivity contribution is 5.57. The Morgan fingerprint density at radius 2 is 2.23 bits per heavy atom. The standard InChI is InChI=1S/C10H9N2O/c1-2-8-5-3-4-6-9(8)10-11-7-12-13-10/h3-6H,2H2,1H3. The number of benzene rings is 1. The van der Waals surface area contributed by atoms with Crippen LogP contribution in [0.5, 0.6) is 0 Å². The predicted octanol–water partition coefficient (Wildman–Crippen LogP) is 2.10. The van der Waals surface area contributed by atoms with E-state index in [0.717, 1.165) is 12.0 Å². The van der Waals surface area contributed by atoms with Crippen LogP contribution in [-0.4, -0.2) is 10.1 Å². The lowest BCUT2D eigenvalue weighted by atomic mass is 10.1. The minimum atomic E-state index is 0.539. The molecule has 0 aliphatic heterocycles. The third-order valence-electron chi connectivity index (χ3n) is 1.95. The molecule has 0 N–H and O–H groups in total. The van der Waals surface area contributed by atoms with Gasteiger partial charge in [0.1, 0.15) is 0 Å². The smallest absolute Gasteiger partial charge is 0.258 e. The van der Waals surface area contributed by atoms with Gasteiger partial charge in [-0.2, -0.15) is 4.98 Å². The molecule has 0 unspecified atom stereocenters. The minimum Gasteiger partial charge on any atom is -0.333 e. The first-order chi connectivity index (χ1) is 6.42. The molecular weight excluding hydrogens is 164 g/mol. The molecule has 0 spiro atoms. The second-order valence-electron chi connectivity index (χ2n) is 2.71. The van der Waals surface area contributed by atoms with E-state index < -0.39 is 0 Å². The summed E-state index contributed by atoms with van der Waals surface area (Å²) in [7, 11) is 0. The molecule has 1 radical (unpaired) electrons. The van der Waals surface area contributed by atoms with Crippen LogP contribution in [0.4, 0.5) is 0 Å². The summed E-state index contributed by atoms with van der Waals surface area (Å²) in [6.07, 6.45) is 3.37. The van der Waals surface area contributed by atoms with E-state index >= 15 is 0 Å². The predicted molar refractivity (Wildman–Crippen MR) is 47.9 cm³/mol. The van der Waals surface area contributed by atoms with Crippen LogP contribution < -0.4 is 0 Å². The van der Waals surface area contributed by atoms with Gasteiger partial charge in [-0.05, 0) is 18.1 Å². The quantitative estimate of drug-likeness (QED) is 0.698. The Kier molecular flexibility index (Phi) is 2.08. The average Bonchev–Trinajstić information content (AvgIpc) is 2.70. The van der Waals surface area contributed by atoms with E-state index in [2.05, 4.69) is 29.5 Å². The van der Waals surface area contributed by atoms with Gasteiger partial charge in [0.2, 0.25) is 6.33 Å². The summed E-state index contributed by atoms with van der Waals surface area (Å²) in [5.74, 6) is 0.539. The lowest BCUT2D eigenvalue weighted by molar-refractivity contribution is 0.428. The number of rotatable bonds is 2. The molecule has 1 aromatic carbocycles. The SMILES string of the molecule is CCc1ccccc1-c1n[c]no1. The van der Waals surface area contributed by atoms with Crippen molar-refractivity contribution in [2.45, 2.75) is 13.3 Å². The summed E-state index contributed by atoms with van der Waals surface area (Å²) in [4.78, 5) is 3.89. The van der Waals surface area contributed by atoms with Gasteiger partial charge in [-0.25, -0.2) is 0 Å². The van der Waals surface area contributed by atoms with Crippen LogP contribution in [0, 0.1) is 6.33 Å². The van der Waals surface area contributed by atoms with E-state index in [9.17, 15) is 0 Å². The number of aromatic nitrogens is 2. The Morgan fingerprint density at radius 1 is 1.38 bits per heavy atom. The summed E-state index contributed by atoms with van der Waals surface area (Å²) >= 11 is 0. The fraction of sp³-hybridized carbons (Fsp3) is 0.200. The fourth-order valence-corrected chi connectivity index (χ4v) is 1.30. The molecule has 0 aliphatic carbocycles. The molecule has 65 valence electrons. The third-order valence-corrected chi connectivity index (χ3v) is 1.95. The van der Waals surface area contributed by atoms with Crippen molar-refractivity contribution in [1.29, 1.82) is 0 Å². The lowest BCUT2D eigenvalue weighted by Crippen LogP contribution is -1.86.